The van der Waals surface area contributed by atoms with Gasteiger partial charge in [-0.25, -0.2) is 9.48 Å². The molecule has 26 heavy (non-hydrogen) atoms. The highest BCUT2D eigenvalue weighted by Gasteiger charge is 2.23. The second kappa shape index (κ2) is 8.66. The number of hydrogen-bond donors (Lipinski definition) is 2. The minimum Gasteiger partial charge on any atom is -0.497 e. The molecule has 2 rings (SSSR count). The van der Waals surface area contributed by atoms with Crippen molar-refractivity contribution in [3.63, 3.8) is 0 Å². The van der Waals surface area contributed by atoms with E-state index in [1.54, 1.807) is 13.3 Å². The van der Waals surface area contributed by atoms with Gasteiger partial charge in [0.15, 0.2) is 0 Å². The molecule has 0 saturated carbocycles. The molecular weight excluding hydrogens is 336 g/mol. The molecule has 8 nitrogen and oxygen atoms in total. The number of aliphatic hydroxyl groups is 1. The van der Waals surface area contributed by atoms with Gasteiger partial charge < -0.3 is 19.9 Å². The molecule has 0 saturated heterocycles. The molecule has 8 heteroatoms. The summed E-state index contributed by atoms with van der Waals surface area (Å²) in [4.78, 5) is 12.2. The van der Waals surface area contributed by atoms with Gasteiger partial charge in [0, 0.05) is 0 Å². The predicted octanol–water partition coefficient (Wildman–Crippen LogP) is 2.09. The first-order valence-electron chi connectivity index (χ1n) is 8.44. The number of nitrogens with one attached hydrogen (secondary N) is 1. The van der Waals surface area contributed by atoms with Crippen LogP contribution in [0, 0.1) is 0 Å². The number of alkyl carbamates (subject to hydrolysis) is 1. The van der Waals surface area contributed by atoms with E-state index >= 15 is 0 Å². The fraction of sp³-hybridized carbons (Fsp3) is 0.500. The van der Waals surface area contributed by atoms with E-state index in [1.807, 2.05) is 45.0 Å². The number of carbonyl (C=O) groups is 1. The van der Waals surface area contributed by atoms with Crippen molar-refractivity contribution >= 4 is 6.09 Å². The Morgan fingerprint density at radius 3 is 2.58 bits per heavy atom. The van der Waals surface area contributed by atoms with Gasteiger partial charge in [0.1, 0.15) is 17.0 Å². The number of nitrogens with zero attached hydrogens (tertiary/aromatic N) is 3. The Bertz CT molecular complexity index is 707. The highest BCUT2D eigenvalue weighted by atomic mass is 16.6. The molecule has 0 spiro atoms. The smallest absolute Gasteiger partial charge is 0.408 e. The monoisotopic (exact) mass is 362 g/mol. The summed E-state index contributed by atoms with van der Waals surface area (Å²) >= 11 is 0. The number of amides is 1. The summed E-state index contributed by atoms with van der Waals surface area (Å²) in [5, 5.41) is 20.0. The number of rotatable bonds is 7. The summed E-state index contributed by atoms with van der Waals surface area (Å²) in [5.74, 6) is 0.763. The lowest BCUT2D eigenvalue weighted by molar-refractivity contribution is 0.0502. The van der Waals surface area contributed by atoms with Gasteiger partial charge in [-0.2, -0.15) is 0 Å². The molecular formula is C18H26N4O4. The lowest BCUT2D eigenvalue weighted by Crippen LogP contribution is -2.36. The van der Waals surface area contributed by atoms with Gasteiger partial charge in [-0.3, -0.25) is 0 Å². The van der Waals surface area contributed by atoms with Crippen molar-refractivity contribution in [1.82, 2.24) is 20.3 Å². The highest BCUT2D eigenvalue weighted by molar-refractivity contribution is 5.68. The summed E-state index contributed by atoms with van der Waals surface area (Å²) in [6.45, 7) is 5.73. The van der Waals surface area contributed by atoms with Crippen LogP contribution in [0.15, 0.2) is 30.5 Å². The SMILES string of the molecule is COc1ccc(C[C@H](NC(=O)OC(C)(C)C)c2cn(CCO)nn2)cc1. The van der Waals surface area contributed by atoms with Crippen LogP contribution in [0.1, 0.15) is 38.1 Å². The largest absolute Gasteiger partial charge is 0.497 e. The first kappa shape index (κ1) is 19.7. The zero-order valence-corrected chi connectivity index (χ0v) is 15.6. The molecule has 1 amide bonds. The molecule has 0 aliphatic heterocycles. The quantitative estimate of drug-likeness (QED) is 0.782. The molecule has 142 valence electrons. The average Bonchev–Trinajstić information content (AvgIpc) is 3.02. The van der Waals surface area contributed by atoms with E-state index in [0.29, 0.717) is 18.7 Å². The van der Waals surface area contributed by atoms with E-state index in [-0.39, 0.29) is 6.61 Å². The first-order valence-corrected chi connectivity index (χ1v) is 8.44. The molecule has 2 aromatic rings. The Morgan fingerprint density at radius 1 is 1.31 bits per heavy atom. The van der Waals surface area contributed by atoms with Crippen LogP contribution in [0.2, 0.25) is 0 Å². The fourth-order valence-electron chi connectivity index (χ4n) is 2.36. The van der Waals surface area contributed by atoms with Crippen LogP contribution in [0.4, 0.5) is 4.79 Å². The summed E-state index contributed by atoms with van der Waals surface area (Å²) in [5.41, 5.74) is 1.01. The van der Waals surface area contributed by atoms with Gasteiger partial charge in [0.2, 0.25) is 0 Å². The second-order valence-corrected chi connectivity index (χ2v) is 6.88. The number of hydrogen-bond acceptors (Lipinski definition) is 6. The molecule has 0 aliphatic rings. The molecule has 1 aromatic heterocycles. The molecule has 0 bridgehead atoms. The number of ether oxygens (including phenoxy) is 2. The maximum absolute atomic E-state index is 12.2. The molecule has 1 atom stereocenters. The summed E-state index contributed by atoms with van der Waals surface area (Å²) in [6.07, 6.45) is 1.70. The van der Waals surface area contributed by atoms with E-state index in [4.69, 9.17) is 14.6 Å². The molecule has 0 fully saturated rings. The Kier molecular flexibility index (Phi) is 6.57. The van der Waals surface area contributed by atoms with Crippen LogP contribution in [0.25, 0.3) is 0 Å². The minimum atomic E-state index is -0.594. The maximum Gasteiger partial charge on any atom is 0.408 e. The third-order valence-electron chi connectivity index (χ3n) is 3.53. The van der Waals surface area contributed by atoms with Crippen LogP contribution in [0.5, 0.6) is 5.75 Å². The van der Waals surface area contributed by atoms with E-state index in [1.165, 1.54) is 4.68 Å². The zero-order valence-electron chi connectivity index (χ0n) is 15.6. The lowest BCUT2D eigenvalue weighted by Gasteiger charge is -2.23. The molecule has 1 aromatic carbocycles. The minimum absolute atomic E-state index is 0.0363. The zero-order chi connectivity index (χ0) is 19.2. The maximum atomic E-state index is 12.2. The first-order chi connectivity index (χ1) is 12.3. The number of carbonyl (C=O) groups excluding carboxylic acids is 1. The summed E-state index contributed by atoms with van der Waals surface area (Å²) in [6, 6.07) is 7.18. The summed E-state index contributed by atoms with van der Waals surface area (Å²) < 4.78 is 12.1. The Hall–Kier alpha value is -2.61. The van der Waals surface area contributed by atoms with E-state index in [0.717, 1.165) is 11.3 Å². The van der Waals surface area contributed by atoms with Crippen molar-refractivity contribution < 1.29 is 19.4 Å². The molecule has 0 unspecified atom stereocenters. The Labute approximate surface area is 153 Å². The number of methoxy groups -OCH3 is 1. The lowest BCUT2D eigenvalue weighted by atomic mass is 10.0. The van der Waals surface area contributed by atoms with Crippen molar-refractivity contribution in [3.05, 3.63) is 41.7 Å². The third-order valence-corrected chi connectivity index (χ3v) is 3.53. The van der Waals surface area contributed by atoms with Crippen LogP contribution in [-0.4, -0.2) is 45.5 Å². The predicted molar refractivity (Wildman–Crippen MR) is 95.9 cm³/mol. The fourth-order valence-corrected chi connectivity index (χ4v) is 2.36. The Balaban J connectivity index is 2.17. The molecule has 2 N–H and O–H groups in total. The topological polar surface area (TPSA) is 98.5 Å². The van der Waals surface area contributed by atoms with Gasteiger partial charge in [-0.1, -0.05) is 17.3 Å². The van der Waals surface area contributed by atoms with Crippen molar-refractivity contribution in [1.29, 1.82) is 0 Å². The second-order valence-electron chi connectivity index (χ2n) is 6.88. The molecule has 1 heterocycles. The van der Waals surface area contributed by atoms with E-state index in [9.17, 15) is 4.79 Å². The highest BCUT2D eigenvalue weighted by Crippen LogP contribution is 2.20. The van der Waals surface area contributed by atoms with Crippen LogP contribution < -0.4 is 10.1 Å². The van der Waals surface area contributed by atoms with E-state index in [2.05, 4.69) is 15.6 Å². The van der Waals surface area contributed by atoms with Crippen LogP contribution in [-0.2, 0) is 17.7 Å². The van der Waals surface area contributed by atoms with Crippen molar-refractivity contribution in [3.8, 4) is 5.75 Å². The average molecular weight is 362 g/mol. The molecule has 0 radical (unpaired) electrons. The number of aromatic nitrogens is 3. The van der Waals surface area contributed by atoms with Gasteiger partial charge in [-0.05, 0) is 44.9 Å². The summed E-state index contributed by atoms with van der Waals surface area (Å²) in [7, 11) is 1.61. The number of benzene rings is 1. The van der Waals surface area contributed by atoms with Crippen molar-refractivity contribution in [2.24, 2.45) is 0 Å². The third kappa shape index (κ3) is 6.03. The van der Waals surface area contributed by atoms with Gasteiger partial charge in [-0.15, -0.1) is 5.10 Å². The van der Waals surface area contributed by atoms with Crippen molar-refractivity contribution in [2.45, 2.75) is 45.4 Å². The van der Waals surface area contributed by atoms with Crippen molar-refractivity contribution in [2.75, 3.05) is 13.7 Å². The van der Waals surface area contributed by atoms with Gasteiger partial charge in [0.05, 0.1) is 32.5 Å². The Morgan fingerprint density at radius 2 is 2.00 bits per heavy atom. The van der Waals surface area contributed by atoms with Gasteiger partial charge in [0.25, 0.3) is 0 Å². The normalized spacial score (nSPS) is 12.5. The van der Waals surface area contributed by atoms with Gasteiger partial charge >= 0.3 is 6.09 Å². The van der Waals surface area contributed by atoms with Crippen LogP contribution in [0.3, 0.4) is 0 Å². The van der Waals surface area contributed by atoms with Crippen LogP contribution >= 0.6 is 0 Å². The standard InChI is InChI=1S/C18H26N4O4/c1-18(2,3)26-17(24)19-15(16-12-22(9-10-23)21-20-16)11-13-5-7-14(25-4)8-6-13/h5-8,12,15,23H,9-11H2,1-4H3,(H,19,24)/t15-/m0/s1. The van der Waals surface area contributed by atoms with E-state index < -0.39 is 17.7 Å². The number of aliphatic hydroxyl groups excluding tert-OH is 1. The molecule has 0 aliphatic carbocycles.